The molecule has 19 heteroatoms. The van der Waals surface area contributed by atoms with E-state index in [1.165, 1.54) is 40.4 Å². The number of aliphatic hydroxyl groups excluding tert-OH is 1. The number of carbonyl (C=O) groups excluding carboxylic acids is 1. The molecule has 1 fully saturated rings. The summed E-state index contributed by atoms with van der Waals surface area (Å²) in [6.45, 7) is -1.16. The van der Waals surface area contributed by atoms with Gasteiger partial charge in [0.25, 0.3) is 0 Å². The van der Waals surface area contributed by atoms with Crippen molar-refractivity contribution in [2.45, 2.75) is 53.7 Å². The van der Waals surface area contributed by atoms with Crippen LogP contribution in [0.3, 0.4) is 0 Å². The topological polar surface area (TPSA) is 193 Å². The van der Waals surface area contributed by atoms with Gasteiger partial charge in [-0.25, -0.2) is 21.6 Å². The third-order valence-electron chi connectivity index (χ3n) is 10.6. The molecule has 1 aromatic heterocycles. The SMILES string of the molecule is COc1ccc(CN(Cc2ccc(OC)cc2)S(=O)(=O)c2c(S(=O)(=O)C3CC(CO)N(C(=O)OCc4ccccc4)C3)ccc(I)c2-c2nnn(Cc3ccc(OC)cc3)n2)cc1. The maximum absolute atomic E-state index is 15.7. The first-order valence-corrected chi connectivity index (χ1v) is 23.7. The Hall–Kier alpha value is -5.61. The fourth-order valence-corrected chi connectivity index (χ4v) is 12.3. The van der Waals surface area contributed by atoms with E-state index in [4.69, 9.17) is 18.9 Å². The molecule has 1 amide bonds. The van der Waals surface area contributed by atoms with Gasteiger partial charge in [-0.1, -0.05) is 66.7 Å². The molecule has 0 radical (unpaired) electrons. The number of sulfonamides is 1. The van der Waals surface area contributed by atoms with Crippen molar-refractivity contribution >= 4 is 48.5 Å². The molecular formula is C44H45IN6O10S2. The molecule has 2 heterocycles. The quantitative estimate of drug-likeness (QED) is 0.106. The van der Waals surface area contributed by atoms with E-state index in [-0.39, 0.29) is 50.6 Å². The van der Waals surface area contributed by atoms with Crippen LogP contribution in [0.5, 0.6) is 17.2 Å². The zero-order valence-electron chi connectivity index (χ0n) is 34.6. The van der Waals surface area contributed by atoms with Gasteiger partial charge in [0, 0.05) is 23.2 Å². The summed E-state index contributed by atoms with van der Waals surface area (Å²) >= 11 is 1.95. The highest BCUT2D eigenvalue weighted by molar-refractivity contribution is 14.1. The molecule has 63 heavy (non-hydrogen) atoms. The molecule has 0 aliphatic carbocycles. The fourth-order valence-electron chi connectivity index (χ4n) is 7.23. The van der Waals surface area contributed by atoms with E-state index < -0.39 is 53.6 Å². The van der Waals surface area contributed by atoms with Crippen molar-refractivity contribution in [2.75, 3.05) is 34.5 Å². The minimum absolute atomic E-state index is 0.0667. The number of hydrogen-bond acceptors (Lipinski definition) is 13. The van der Waals surface area contributed by atoms with Crippen molar-refractivity contribution in [1.29, 1.82) is 0 Å². The second-order valence-electron chi connectivity index (χ2n) is 14.6. The molecule has 330 valence electrons. The van der Waals surface area contributed by atoms with Gasteiger partial charge in [-0.05, 0) is 105 Å². The lowest BCUT2D eigenvalue weighted by Gasteiger charge is -2.26. The Labute approximate surface area is 379 Å². The lowest BCUT2D eigenvalue weighted by Crippen LogP contribution is -2.38. The fraction of sp³-hybridized carbons (Fsp3) is 0.273. The molecule has 1 aliphatic rings. The molecule has 16 nitrogen and oxygen atoms in total. The summed E-state index contributed by atoms with van der Waals surface area (Å²) in [4.78, 5) is 14.8. The van der Waals surface area contributed by atoms with Gasteiger partial charge in [-0.3, -0.25) is 0 Å². The molecule has 1 saturated heterocycles. The second-order valence-corrected chi connectivity index (χ2v) is 19.9. The Morgan fingerprint density at radius 1 is 0.762 bits per heavy atom. The van der Waals surface area contributed by atoms with Crippen LogP contribution >= 0.6 is 22.6 Å². The molecule has 7 rings (SSSR count). The monoisotopic (exact) mass is 1010 g/mol. The van der Waals surface area contributed by atoms with E-state index >= 15 is 16.8 Å². The Morgan fingerprint density at radius 3 is 1.86 bits per heavy atom. The lowest BCUT2D eigenvalue weighted by atomic mass is 10.2. The third kappa shape index (κ3) is 10.3. The summed E-state index contributed by atoms with van der Waals surface area (Å²) in [5, 5.41) is 22.2. The minimum Gasteiger partial charge on any atom is -0.497 e. The molecule has 0 spiro atoms. The third-order valence-corrected chi connectivity index (χ3v) is 15.7. The van der Waals surface area contributed by atoms with Crippen LogP contribution in [0.1, 0.15) is 28.7 Å². The minimum atomic E-state index is -4.82. The predicted molar refractivity (Wildman–Crippen MR) is 240 cm³/mol. The highest BCUT2D eigenvalue weighted by Crippen LogP contribution is 2.41. The Kier molecular flexibility index (Phi) is 14.3. The number of rotatable bonds is 17. The summed E-state index contributed by atoms with van der Waals surface area (Å²) in [5.74, 6) is 1.66. The van der Waals surface area contributed by atoms with Crippen LogP contribution in [-0.4, -0.2) is 103 Å². The highest BCUT2D eigenvalue weighted by Gasteiger charge is 2.46. The van der Waals surface area contributed by atoms with Gasteiger partial charge < -0.3 is 29.0 Å². The van der Waals surface area contributed by atoms with Gasteiger partial charge in [0.2, 0.25) is 15.8 Å². The van der Waals surface area contributed by atoms with Crippen molar-refractivity contribution in [3.8, 4) is 28.6 Å². The molecule has 6 aromatic rings. The zero-order valence-corrected chi connectivity index (χ0v) is 38.4. The predicted octanol–water partition coefficient (Wildman–Crippen LogP) is 5.96. The molecule has 0 bridgehead atoms. The number of ether oxygens (including phenoxy) is 4. The van der Waals surface area contributed by atoms with Crippen molar-refractivity contribution in [2.24, 2.45) is 0 Å². The Bertz CT molecular complexity index is 2690. The van der Waals surface area contributed by atoms with Crippen molar-refractivity contribution in [3.63, 3.8) is 0 Å². The number of tetrazole rings is 1. The Balaban J connectivity index is 1.34. The molecule has 1 aliphatic heterocycles. The van der Waals surface area contributed by atoms with Crippen molar-refractivity contribution in [1.82, 2.24) is 29.4 Å². The van der Waals surface area contributed by atoms with E-state index in [9.17, 15) is 9.90 Å². The Morgan fingerprint density at radius 2 is 1.32 bits per heavy atom. The average molecular weight is 1010 g/mol. The number of sulfone groups is 1. The molecule has 0 saturated carbocycles. The summed E-state index contributed by atoms with van der Waals surface area (Å²) < 4.78 is 84.7. The number of aromatic nitrogens is 4. The standard InChI is InChI=1S/C44H45IN6O10S2/c1-58-35-15-9-30(10-16-35)24-49(25-31-11-17-36(59-2)18-12-31)63(56,57)42-40(22-21-39(45)41(42)43-46-48-51(47-43)26-32-13-19-37(60-3)20-14-32)62(54,55)38-23-34(28-52)50(27-38)44(53)61-29-33-7-5-4-6-8-33/h4-22,34,38,52H,23-29H2,1-3H3. The van der Waals surface area contributed by atoms with Crippen LogP contribution in [0.4, 0.5) is 4.79 Å². The number of amides is 1. The molecule has 2 atom stereocenters. The molecular weight excluding hydrogens is 964 g/mol. The van der Waals surface area contributed by atoms with Crippen LogP contribution in [0.15, 0.2) is 125 Å². The normalized spacial score (nSPS) is 15.4. The first-order valence-electron chi connectivity index (χ1n) is 19.7. The van der Waals surface area contributed by atoms with Crippen LogP contribution in [0.25, 0.3) is 11.4 Å². The van der Waals surface area contributed by atoms with Crippen molar-refractivity contribution in [3.05, 3.63) is 141 Å². The number of halogens is 1. The highest BCUT2D eigenvalue weighted by atomic mass is 127. The molecule has 2 unspecified atom stereocenters. The average Bonchev–Trinajstić information content (AvgIpc) is 3.97. The number of nitrogens with zero attached hydrogens (tertiary/aromatic N) is 6. The van der Waals surface area contributed by atoms with Crippen molar-refractivity contribution < 1.29 is 45.7 Å². The van der Waals surface area contributed by atoms with Crippen LogP contribution in [0, 0.1) is 3.57 Å². The van der Waals surface area contributed by atoms with E-state index in [2.05, 4.69) is 15.4 Å². The van der Waals surface area contributed by atoms with Gasteiger partial charge >= 0.3 is 6.09 Å². The number of methoxy groups -OCH3 is 3. The van der Waals surface area contributed by atoms with E-state index in [1.807, 2.05) is 40.8 Å². The number of carbonyl (C=O) groups is 1. The van der Waals surface area contributed by atoms with Gasteiger partial charge in [0.15, 0.2) is 9.84 Å². The number of likely N-dealkylation sites (tertiary alicyclic amines) is 1. The smallest absolute Gasteiger partial charge is 0.410 e. The summed E-state index contributed by atoms with van der Waals surface area (Å²) in [6, 6.07) is 31.8. The zero-order chi connectivity index (χ0) is 44.7. The molecule has 5 aromatic carbocycles. The molecule has 1 N–H and O–H groups in total. The first kappa shape index (κ1) is 45.4. The summed E-state index contributed by atoms with van der Waals surface area (Å²) in [5.41, 5.74) is 2.65. The van der Waals surface area contributed by atoms with Gasteiger partial charge in [0.1, 0.15) is 28.8 Å². The van der Waals surface area contributed by atoms with Crippen LogP contribution in [0.2, 0.25) is 0 Å². The largest absolute Gasteiger partial charge is 0.497 e. The first-order chi connectivity index (χ1) is 30.3. The van der Waals surface area contributed by atoms with E-state index in [0.717, 1.165) is 11.1 Å². The lowest BCUT2D eigenvalue weighted by molar-refractivity contribution is 0.0796. The van der Waals surface area contributed by atoms with Gasteiger partial charge in [-0.15, -0.1) is 10.2 Å². The number of aliphatic hydroxyl groups is 1. The van der Waals surface area contributed by atoms with Gasteiger partial charge in [-0.2, -0.15) is 9.10 Å². The maximum Gasteiger partial charge on any atom is 0.410 e. The van der Waals surface area contributed by atoms with Crippen LogP contribution < -0.4 is 14.2 Å². The summed E-state index contributed by atoms with van der Waals surface area (Å²) in [6.07, 6.45) is -0.993. The number of hydrogen-bond donors (Lipinski definition) is 1. The van der Waals surface area contributed by atoms with Crippen LogP contribution in [-0.2, 0) is 50.8 Å². The maximum atomic E-state index is 15.7. The second kappa shape index (κ2) is 19.8. The number of benzene rings is 5. The summed E-state index contributed by atoms with van der Waals surface area (Å²) in [7, 11) is -4.83. The van der Waals surface area contributed by atoms with Gasteiger partial charge in [0.05, 0.1) is 56.2 Å². The van der Waals surface area contributed by atoms with E-state index in [1.54, 1.807) is 92.0 Å². The van der Waals surface area contributed by atoms with E-state index in [0.29, 0.717) is 31.9 Å².